The predicted molar refractivity (Wildman–Crippen MR) is 78.3 cm³/mol. The van der Waals surface area contributed by atoms with Crippen LogP contribution in [0.4, 0.5) is 0 Å². The lowest BCUT2D eigenvalue weighted by Crippen LogP contribution is -2.44. The summed E-state index contributed by atoms with van der Waals surface area (Å²) in [5, 5.41) is 8.91. The fourth-order valence-corrected chi connectivity index (χ4v) is 2.63. The summed E-state index contributed by atoms with van der Waals surface area (Å²) in [5.41, 5.74) is 1.56. The number of carbonyl (C=O) groups excluding carboxylic acids is 1. The van der Waals surface area contributed by atoms with Gasteiger partial charge in [0.2, 0.25) is 0 Å². The van der Waals surface area contributed by atoms with E-state index in [-0.39, 0.29) is 24.9 Å². The molecule has 0 unspecified atom stereocenters. The van der Waals surface area contributed by atoms with E-state index in [9.17, 15) is 9.59 Å². The molecule has 5 nitrogen and oxygen atoms in total. The maximum absolute atomic E-state index is 12.8. The van der Waals surface area contributed by atoms with Crippen LogP contribution in [0.1, 0.15) is 35.2 Å². The van der Waals surface area contributed by atoms with Crippen molar-refractivity contribution in [3.05, 3.63) is 35.4 Å². The van der Waals surface area contributed by atoms with E-state index in [0.29, 0.717) is 18.8 Å². The quantitative estimate of drug-likeness (QED) is 0.902. The Hall–Kier alpha value is -1.88. The third-order valence-corrected chi connectivity index (χ3v) is 3.83. The van der Waals surface area contributed by atoms with Gasteiger partial charge < -0.3 is 14.7 Å². The highest BCUT2D eigenvalue weighted by Gasteiger charge is 2.27. The van der Waals surface area contributed by atoms with Gasteiger partial charge in [-0.1, -0.05) is 18.2 Å². The zero-order chi connectivity index (χ0) is 15.2. The van der Waals surface area contributed by atoms with Crippen molar-refractivity contribution in [3.63, 3.8) is 0 Å². The largest absolute Gasteiger partial charge is 0.481 e. The van der Waals surface area contributed by atoms with Gasteiger partial charge in [0.1, 0.15) is 0 Å². The summed E-state index contributed by atoms with van der Waals surface area (Å²) in [6.45, 7) is 3.38. The van der Waals surface area contributed by atoms with E-state index in [4.69, 9.17) is 9.84 Å². The molecule has 114 valence electrons. The van der Waals surface area contributed by atoms with Crippen LogP contribution < -0.4 is 0 Å². The molecule has 0 saturated carbocycles. The first-order chi connectivity index (χ1) is 10.1. The van der Waals surface area contributed by atoms with E-state index in [1.54, 1.807) is 11.0 Å². The molecule has 1 aromatic rings. The molecule has 1 N–H and O–H groups in total. The average Bonchev–Trinajstić information content (AvgIpc) is 2.48. The number of amides is 1. The highest BCUT2D eigenvalue weighted by atomic mass is 16.5. The third kappa shape index (κ3) is 4.04. The van der Waals surface area contributed by atoms with Crippen LogP contribution in [0.5, 0.6) is 0 Å². The van der Waals surface area contributed by atoms with E-state index >= 15 is 0 Å². The van der Waals surface area contributed by atoms with E-state index in [1.165, 1.54) is 0 Å². The zero-order valence-electron chi connectivity index (χ0n) is 12.2. The summed E-state index contributed by atoms with van der Waals surface area (Å²) in [7, 11) is 0. The Bertz CT molecular complexity index is 509. The molecule has 5 heteroatoms. The van der Waals surface area contributed by atoms with Gasteiger partial charge in [0.05, 0.1) is 6.42 Å². The van der Waals surface area contributed by atoms with Crippen molar-refractivity contribution in [2.75, 3.05) is 19.8 Å². The second-order valence-electron chi connectivity index (χ2n) is 5.30. The van der Waals surface area contributed by atoms with Gasteiger partial charge in [-0.05, 0) is 31.4 Å². The maximum Gasteiger partial charge on any atom is 0.305 e. The van der Waals surface area contributed by atoms with Crippen molar-refractivity contribution < 1.29 is 19.4 Å². The van der Waals surface area contributed by atoms with Crippen LogP contribution in [-0.2, 0) is 9.53 Å². The van der Waals surface area contributed by atoms with Crippen molar-refractivity contribution in [3.8, 4) is 0 Å². The van der Waals surface area contributed by atoms with Gasteiger partial charge in [0.15, 0.2) is 0 Å². The van der Waals surface area contributed by atoms with Gasteiger partial charge in [0, 0.05) is 31.4 Å². The van der Waals surface area contributed by atoms with Crippen LogP contribution in [0.15, 0.2) is 24.3 Å². The lowest BCUT2D eigenvalue weighted by atomic mass is 10.0. The molecule has 1 aromatic carbocycles. The van der Waals surface area contributed by atoms with Gasteiger partial charge in [0.25, 0.3) is 5.91 Å². The number of nitrogens with zero attached hydrogens (tertiary/aromatic N) is 1. The smallest absolute Gasteiger partial charge is 0.305 e. The van der Waals surface area contributed by atoms with Crippen molar-refractivity contribution in [2.24, 2.45) is 0 Å². The molecule has 2 rings (SSSR count). The van der Waals surface area contributed by atoms with Crippen molar-refractivity contribution >= 4 is 11.9 Å². The van der Waals surface area contributed by atoms with Gasteiger partial charge in [-0.3, -0.25) is 9.59 Å². The number of aliphatic carboxylic acids is 1. The average molecular weight is 291 g/mol. The highest BCUT2D eigenvalue weighted by Crippen LogP contribution is 2.19. The van der Waals surface area contributed by atoms with Crippen LogP contribution in [-0.4, -0.2) is 47.7 Å². The molecule has 0 aliphatic carbocycles. The Morgan fingerprint density at radius 3 is 2.57 bits per heavy atom. The SMILES string of the molecule is Cc1ccccc1C(=O)N(CCC(=O)O)C1CCOCC1. The number of benzene rings is 1. The first-order valence-corrected chi connectivity index (χ1v) is 7.25. The minimum atomic E-state index is -0.885. The number of ether oxygens (including phenoxy) is 1. The molecular formula is C16H21NO4. The fourth-order valence-electron chi connectivity index (χ4n) is 2.63. The van der Waals surface area contributed by atoms with Crippen LogP contribution in [0.3, 0.4) is 0 Å². The topological polar surface area (TPSA) is 66.8 Å². The highest BCUT2D eigenvalue weighted by molar-refractivity contribution is 5.96. The first-order valence-electron chi connectivity index (χ1n) is 7.25. The van der Waals surface area contributed by atoms with E-state index in [0.717, 1.165) is 18.4 Å². The molecule has 1 fully saturated rings. The maximum atomic E-state index is 12.8. The van der Waals surface area contributed by atoms with Crippen LogP contribution in [0.25, 0.3) is 0 Å². The molecule has 1 aliphatic heterocycles. The van der Waals surface area contributed by atoms with E-state index in [1.807, 2.05) is 25.1 Å². The van der Waals surface area contributed by atoms with Crippen molar-refractivity contribution in [1.82, 2.24) is 4.90 Å². The van der Waals surface area contributed by atoms with Gasteiger partial charge in [-0.2, -0.15) is 0 Å². The molecule has 1 heterocycles. The first kappa shape index (κ1) is 15.5. The molecule has 0 atom stereocenters. The summed E-state index contributed by atoms with van der Waals surface area (Å²) in [6.07, 6.45) is 1.49. The summed E-state index contributed by atoms with van der Waals surface area (Å²) < 4.78 is 5.33. The van der Waals surface area contributed by atoms with Crippen LogP contribution in [0, 0.1) is 6.92 Å². The monoisotopic (exact) mass is 291 g/mol. The number of hydrogen-bond donors (Lipinski definition) is 1. The second-order valence-corrected chi connectivity index (χ2v) is 5.30. The van der Waals surface area contributed by atoms with E-state index in [2.05, 4.69) is 0 Å². The Morgan fingerprint density at radius 1 is 1.29 bits per heavy atom. The Morgan fingerprint density at radius 2 is 1.95 bits per heavy atom. The van der Waals surface area contributed by atoms with Crippen LogP contribution >= 0.6 is 0 Å². The number of carbonyl (C=O) groups is 2. The van der Waals surface area contributed by atoms with Crippen LogP contribution in [0.2, 0.25) is 0 Å². The van der Waals surface area contributed by atoms with Gasteiger partial charge >= 0.3 is 5.97 Å². The van der Waals surface area contributed by atoms with Crippen molar-refractivity contribution in [2.45, 2.75) is 32.2 Å². The molecule has 1 amide bonds. The standard InChI is InChI=1S/C16H21NO4/c1-12-4-2-3-5-14(12)16(20)17(9-6-15(18)19)13-7-10-21-11-8-13/h2-5,13H,6-11H2,1H3,(H,18,19). The number of hydrogen-bond acceptors (Lipinski definition) is 3. The molecule has 0 aromatic heterocycles. The normalized spacial score (nSPS) is 15.7. The molecule has 0 radical (unpaired) electrons. The fraction of sp³-hybridized carbons (Fsp3) is 0.500. The second kappa shape index (κ2) is 7.22. The Kier molecular flexibility index (Phi) is 5.33. The Balaban J connectivity index is 2.18. The molecular weight excluding hydrogens is 270 g/mol. The number of aryl methyl sites for hydroxylation is 1. The lowest BCUT2D eigenvalue weighted by molar-refractivity contribution is -0.137. The number of carboxylic acid groups (broad SMARTS) is 1. The minimum Gasteiger partial charge on any atom is -0.481 e. The minimum absolute atomic E-state index is 0.0328. The lowest BCUT2D eigenvalue weighted by Gasteiger charge is -2.34. The third-order valence-electron chi connectivity index (χ3n) is 3.83. The summed E-state index contributed by atoms with van der Waals surface area (Å²) in [6, 6.07) is 7.48. The molecule has 0 bridgehead atoms. The molecule has 0 spiro atoms. The van der Waals surface area contributed by atoms with Gasteiger partial charge in [-0.25, -0.2) is 0 Å². The number of rotatable bonds is 5. The number of carboxylic acids is 1. The van der Waals surface area contributed by atoms with Crippen molar-refractivity contribution in [1.29, 1.82) is 0 Å². The predicted octanol–water partition coefficient (Wildman–Crippen LogP) is 2.09. The summed E-state index contributed by atoms with van der Waals surface area (Å²) in [5.74, 6) is -0.967. The summed E-state index contributed by atoms with van der Waals surface area (Å²) in [4.78, 5) is 25.3. The van der Waals surface area contributed by atoms with Gasteiger partial charge in [-0.15, -0.1) is 0 Å². The summed E-state index contributed by atoms with van der Waals surface area (Å²) >= 11 is 0. The molecule has 1 aliphatic rings. The Labute approximate surface area is 124 Å². The zero-order valence-corrected chi connectivity index (χ0v) is 12.2. The molecule has 1 saturated heterocycles. The molecule has 21 heavy (non-hydrogen) atoms. The van der Waals surface area contributed by atoms with E-state index < -0.39 is 5.97 Å².